The predicted molar refractivity (Wildman–Crippen MR) is 63.4 cm³/mol. The molecule has 0 aliphatic rings. The van der Waals surface area contributed by atoms with Gasteiger partial charge in [0.25, 0.3) is 0 Å². The monoisotopic (exact) mass is 252 g/mol. The molecule has 0 amide bonds. The second kappa shape index (κ2) is 5.24. The molecule has 18 heavy (non-hydrogen) atoms. The molecule has 0 saturated carbocycles. The molecular formula is C12H14F2N4. The number of aromatic nitrogens is 2. The number of halogens is 2. The molecule has 6 heteroatoms. The Labute approximate surface area is 103 Å². The van der Waals surface area contributed by atoms with Gasteiger partial charge in [-0.2, -0.15) is 5.10 Å². The number of nitrogens with two attached hydrogens (primary N) is 1. The van der Waals surface area contributed by atoms with E-state index in [1.807, 2.05) is 6.92 Å². The maximum absolute atomic E-state index is 13.8. The highest BCUT2D eigenvalue weighted by Gasteiger charge is 2.21. The molecule has 4 nitrogen and oxygen atoms in total. The summed E-state index contributed by atoms with van der Waals surface area (Å²) in [5.41, 5.74) is 3.34. The summed E-state index contributed by atoms with van der Waals surface area (Å²) >= 11 is 0. The Hall–Kier alpha value is -1.79. The predicted octanol–water partition coefficient (Wildman–Crippen LogP) is 1.73. The minimum atomic E-state index is -0.899. The summed E-state index contributed by atoms with van der Waals surface area (Å²) in [5.74, 6) is 3.67. The first kappa shape index (κ1) is 12.7. The first-order chi connectivity index (χ1) is 8.69. The zero-order chi connectivity index (χ0) is 13.1. The van der Waals surface area contributed by atoms with Crippen LogP contribution in [0.3, 0.4) is 0 Å². The van der Waals surface area contributed by atoms with E-state index in [2.05, 4.69) is 10.5 Å². The van der Waals surface area contributed by atoms with E-state index in [4.69, 9.17) is 5.84 Å². The Balaban J connectivity index is 2.49. The summed E-state index contributed by atoms with van der Waals surface area (Å²) in [4.78, 5) is 0. The summed E-state index contributed by atoms with van der Waals surface area (Å²) in [7, 11) is 0. The van der Waals surface area contributed by atoms with E-state index in [0.717, 1.165) is 6.07 Å². The first-order valence-corrected chi connectivity index (χ1v) is 5.60. The number of hydrogen-bond acceptors (Lipinski definition) is 3. The van der Waals surface area contributed by atoms with Crippen molar-refractivity contribution < 1.29 is 8.78 Å². The Bertz CT molecular complexity index is 539. The molecule has 0 aliphatic heterocycles. The van der Waals surface area contributed by atoms with Gasteiger partial charge in [0, 0.05) is 18.3 Å². The maximum Gasteiger partial charge on any atom is 0.164 e. The molecule has 0 aliphatic carbocycles. The molecule has 1 unspecified atom stereocenters. The minimum Gasteiger partial charge on any atom is -0.271 e. The van der Waals surface area contributed by atoms with E-state index >= 15 is 0 Å². The zero-order valence-corrected chi connectivity index (χ0v) is 9.90. The fraction of sp³-hybridized carbons (Fsp3) is 0.250. The second-order valence-corrected chi connectivity index (χ2v) is 3.81. The van der Waals surface area contributed by atoms with Crippen LogP contribution in [0.5, 0.6) is 0 Å². The van der Waals surface area contributed by atoms with Crippen molar-refractivity contribution >= 4 is 0 Å². The third kappa shape index (κ3) is 2.12. The molecule has 96 valence electrons. The fourth-order valence-corrected chi connectivity index (χ4v) is 1.93. The summed E-state index contributed by atoms with van der Waals surface area (Å²) in [5, 5.41) is 4.09. The number of nitrogens with zero attached hydrogens (tertiary/aromatic N) is 2. The van der Waals surface area contributed by atoms with Crippen LogP contribution >= 0.6 is 0 Å². The lowest BCUT2D eigenvalue weighted by Gasteiger charge is -2.18. The molecule has 1 aromatic heterocycles. The lowest BCUT2D eigenvalue weighted by Crippen LogP contribution is -2.31. The number of hydrogen-bond donors (Lipinski definition) is 2. The van der Waals surface area contributed by atoms with Gasteiger partial charge in [-0.25, -0.2) is 14.2 Å². The van der Waals surface area contributed by atoms with Gasteiger partial charge in [-0.3, -0.25) is 10.5 Å². The quantitative estimate of drug-likeness (QED) is 0.643. The molecule has 0 saturated heterocycles. The van der Waals surface area contributed by atoms with Crippen molar-refractivity contribution in [3.05, 3.63) is 53.4 Å². The Morgan fingerprint density at radius 1 is 1.39 bits per heavy atom. The maximum atomic E-state index is 13.8. The van der Waals surface area contributed by atoms with Crippen molar-refractivity contribution in [3.8, 4) is 0 Å². The van der Waals surface area contributed by atoms with Crippen LogP contribution in [-0.4, -0.2) is 9.78 Å². The van der Waals surface area contributed by atoms with Crippen LogP contribution in [0.2, 0.25) is 0 Å². The third-order valence-corrected chi connectivity index (χ3v) is 2.80. The number of nitrogens with one attached hydrogen (secondary N) is 1. The first-order valence-electron chi connectivity index (χ1n) is 5.60. The fourth-order valence-electron chi connectivity index (χ4n) is 1.93. The minimum absolute atomic E-state index is 0.160. The van der Waals surface area contributed by atoms with Gasteiger partial charge in [0.15, 0.2) is 11.6 Å². The number of hydrazine groups is 1. The second-order valence-electron chi connectivity index (χ2n) is 3.81. The molecule has 0 bridgehead atoms. The number of aryl methyl sites for hydroxylation is 1. The zero-order valence-electron chi connectivity index (χ0n) is 9.90. The van der Waals surface area contributed by atoms with Crippen molar-refractivity contribution in [2.75, 3.05) is 0 Å². The molecule has 1 atom stereocenters. The Morgan fingerprint density at radius 2 is 2.17 bits per heavy atom. The van der Waals surface area contributed by atoms with Gasteiger partial charge in [0.2, 0.25) is 0 Å². The highest BCUT2D eigenvalue weighted by Crippen LogP contribution is 2.24. The molecule has 3 N–H and O–H groups in total. The van der Waals surface area contributed by atoms with Gasteiger partial charge >= 0.3 is 0 Å². The van der Waals surface area contributed by atoms with E-state index in [0.29, 0.717) is 12.2 Å². The molecule has 2 rings (SSSR count). The molecule has 0 spiro atoms. The van der Waals surface area contributed by atoms with Gasteiger partial charge in [-0.05, 0) is 19.1 Å². The standard InChI is InChI=1S/C12H14F2N4/c1-2-18-10(6-7-16-18)12(17-15)8-4-3-5-9(13)11(8)14/h3-7,12,17H,2,15H2,1H3. The van der Waals surface area contributed by atoms with E-state index in [-0.39, 0.29) is 5.56 Å². The van der Waals surface area contributed by atoms with Crippen LogP contribution < -0.4 is 11.3 Å². The van der Waals surface area contributed by atoms with E-state index < -0.39 is 17.7 Å². The van der Waals surface area contributed by atoms with Gasteiger partial charge in [0.05, 0.1) is 11.7 Å². The lowest BCUT2D eigenvalue weighted by molar-refractivity contribution is 0.471. The summed E-state index contributed by atoms with van der Waals surface area (Å²) in [6, 6.07) is 5.10. The highest BCUT2D eigenvalue weighted by atomic mass is 19.2. The van der Waals surface area contributed by atoms with Crippen LogP contribution in [-0.2, 0) is 6.54 Å². The van der Waals surface area contributed by atoms with Crippen molar-refractivity contribution in [3.63, 3.8) is 0 Å². The number of benzene rings is 1. The summed E-state index contributed by atoms with van der Waals surface area (Å²) < 4.78 is 28.7. The van der Waals surface area contributed by atoms with Crippen molar-refractivity contribution in [2.45, 2.75) is 19.5 Å². The van der Waals surface area contributed by atoms with Crippen LogP contribution in [0.4, 0.5) is 8.78 Å². The third-order valence-electron chi connectivity index (χ3n) is 2.80. The largest absolute Gasteiger partial charge is 0.271 e. The van der Waals surface area contributed by atoms with Gasteiger partial charge in [-0.1, -0.05) is 12.1 Å². The van der Waals surface area contributed by atoms with Crippen molar-refractivity contribution in [1.29, 1.82) is 0 Å². The van der Waals surface area contributed by atoms with E-state index in [1.165, 1.54) is 12.1 Å². The Morgan fingerprint density at radius 3 is 2.83 bits per heavy atom. The smallest absolute Gasteiger partial charge is 0.164 e. The van der Waals surface area contributed by atoms with Gasteiger partial charge in [-0.15, -0.1) is 0 Å². The summed E-state index contributed by atoms with van der Waals surface area (Å²) in [6.45, 7) is 2.53. The number of rotatable bonds is 4. The molecule has 0 radical (unpaired) electrons. The molecular weight excluding hydrogens is 238 g/mol. The van der Waals surface area contributed by atoms with Crippen LogP contribution in [0.25, 0.3) is 0 Å². The summed E-state index contributed by atoms with van der Waals surface area (Å²) in [6.07, 6.45) is 1.60. The van der Waals surface area contributed by atoms with Gasteiger partial charge in [0.1, 0.15) is 0 Å². The lowest BCUT2D eigenvalue weighted by atomic mass is 10.0. The normalized spacial score (nSPS) is 12.7. The topological polar surface area (TPSA) is 55.9 Å². The van der Waals surface area contributed by atoms with Crippen LogP contribution in [0, 0.1) is 11.6 Å². The molecule has 2 aromatic rings. The average Bonchev–Trinajstić information content (AvgIpc) is 2.83. The van der Waals surface area contributed by atoms with Crippen molar-refractivity contribution in [2.24, 2.45) is 5.84 Å². The molecule has 1 aromatic carbocycles. The van der Waals surface area contributed by atoms with Crippen LogP contribution in [0.15, 0.2) is 30.5 Å². The molecule has 1 heterocycles. The van der Waals surface area contributed by atoms with Crippen LogP contribution in [0.1, 0.15) is 24.2 Å². The van der Waals surface area contributed by atoms with Crippen molar-refractivity contribution in [1.82, 2.24) is 15.2 Å². The van der Waals surface area contributed by atoms with Gasteiger partial charge < -0.3 is 0 Å². The Kier molecular flexibility index (Phi) is 3.69. The highest BCUT2D eigenvalue weighted by molar-refractivity contribution is 5.29. The van der Waals surface area contributed by atoms with E-state index in [9.17, 15) is 8.78 Å². The molecule has 0 fully saturated rings. The van der Waals surface area contributed by atoms with E-state index in [1.54, 1.807) is 16.9 Å². The average molecular weight is 252 g/mol. The SMILES string of the molecule is CCn1nccc1C(NN)c1cccc(F)c1F.